The van der Waals surface area contributed by atoms with Crippen LogP contribution >= 0.6 is 11.3 Å². The molecule has 0 aliphatic heterocycles. The minimum absolute atomic E-state index is 0.745. The number of nitrogens with zero attached hydrogens (tertiary/aromatic N) is 3. The third kappa shape index (κ3) is 3.15. The van der Waals surface area contributed by atoms with Crippen molar-refractivity contribution in [3.63, 3.8) is 0 Å². The van der Waals surface area contributed by atoms with Gasteiger partial charge in [0.25, 0.3) is 0 Å². The molecule has 19 heavy (non-hydrogen) atoms. The fourth-order valence-electron chi connectivity index (χ4n) is 2.08. The molecule has 2 heterocycles. The quantitative estimate of drug-likeness (QED) is 0.875. The normalized spacial score (nSPS) is 10.9. The summed E-state index contributed by atoms with van der Waals surface area (Å²) >= 11 is 1.73. The average Bonchev–Trinajstić information content (AvgIpc) is 2.75. The van der Waals surface area contributed by atoms with Crippen molar-refractivity contribution >= 4 is 33.3 Å². The van der Waals surface area contributed by atoms with Crippen molar-refractivity contribution in [2.24, 2.45) is 0 Å². The second kappa shape index (κ2) is 6.19. The fraction of sp³-hybridized carbons (Fsp3) is 0.571. The van der Waals surface area contributed by atoms with Gasteiger partial charge in [-0.25, -0.2) is 4.98 Å². The molecule has 1 N–H and O–H groups in total. The van der Waals surface area contributed by atoms with Gasteiger partial charge in [-0.1, -0.05) is 13.8 Å². The van der Waals surface area contributed by atoms with Crippen LogP contribution in [0.3, 0.4) is 0 Å². The molecule has 0 fully saturated rings. The molecule has 0 bridgehead atoms. The molecule has 0 spiro atoms. The molecular formula is C14H22N4S. The summed E-state index contributed by atoms with van der Waals surface area (Å²) in [5, 5.41) is 4.46. The fourth-order valence-corrected chi connectivity index (χ4v) is 2.95. The van der Waals surface area contributed by atoms with Crippen LogP contribution < -0.4 is 10.2 Å². The molecular weight excluding hydrogens is 256 g/mol. The molecule has 0 aliphatic carbocycles. The number of nitrogens with one attached hydrogen (secondary N) is 1. The van der Waals surface area contributed by atoms with E-state index < -0.39 is 0 Å². The molecule has 0 radical (unpaired) electrons. The molecule has 0 saturated heterocycles. The predicted molar refractivity (Wildman–Crippen MR) is 84.5 cm³/mol. The topological polar surface area (TPSA) is 41.1 Å². The van der Waals surface area contributed by atoms with Gasteiger partial charge in [0.2, 0.25) is 5.95 Å². The Morgan fingerprint density at radius 2 is 2.05 bits per heavy atom. The van der Waals surface area contributed by atoms with Crippen molar-refractivity contribution in [1.29, 1.82) is 0 Å². The number of aromatic nitrogens is 2. The molecule has 0 unspecified atom stereocenters. The molecule has 104 valence electrons. The van der Waals surface area contributed by atoms with Gasteiger partial charge < -0.3 is 10.2 Å². The first kappa shape index (κ1) is 14.1. The average molecular weight is 278 g/mol. The molecule has 0 atom stereocenters. The number of rotatable bonds is 6. The Morgan fingerprint density at radius 1 is 1.26 bits per heavy atom. The molecule has 0 aliphatic rings. The van der Waals surface area contributed by atoms with Gasteiger partial charge in [0.05, 0.1) is 5.39 Å². The van der Waals surface area contributed by atoms with Crippen molar-refractivity contribution in [1.82, 2.24) is 9.97 Å². The van der Waals surface area contributed by atoms with Gasteiger partial charge in [-0.3, -0.25) is 0 Å². The molecule has 0 aromatic carbocycles. The third-order valence-electron chi connectivity index (χ3n) is 2.95. The minimum atomic E-state index is 0.745. The monoisotopic (exact) mass is 278 g/mol. The van der Waals surface area contributed by atoms with E-state index >= 15 is 0 Å². The summed E-state index contributed by atoms with van der Waals surface area (Å²) < 4.78 is 0. The molecule has 0 amide bonds. The number of fused-ring (bicyclic) bond motifs is 1. The summed E-state index contributed by atoms with van der Waals surface area (Å²) in [4.78, 5) is 13.9. The predicted octanol–water partition coefficient (Wildman–Crippen LogP) is 3.67. The van der Waals surface area contributed by atoms with E-state index in [1.54, 1.807) is 11.3 Å². The smallest absolute Gasteiger partial charge is 0.226 e. The van der Waals surface area contributed by atoms with Crippen LogP contribution in [0.2, 0.25) is 0 Å². The number of hydrogen-bond acceptors (Lipinski definition) is 5. The van der Waals surface area contributed by atoms with E-state index in [4.69, 9.17) is 0 Å². The van der Waals surface area contributed by atoms with E-state index in [2.05, 4.69) is 54.1 Å². The summed E-state index contributed by atoms with van der Waals surface area (Å²) in [5.41, 5.74) is 0. The Bertz CT molecular complexity index is 550. The number of aryl methyl sites for hydroxylation is 1. The SMILES string of the molecule is CCCNc1nc(N(C)CCC)c2cc(C)sc2n1. The van der Waals surface area contributed by atoms with Gasteiger partial charge in [-0.2, -0.15) is 4.98 Å². The highest BCUT2D eigenvalue weighted by molar-refractivity contribution is 7.18. The zero-order valence-electron chi connectivity index (χ0n) is 12.2. The van der Waals surface area contributed by atoms with E-state index in [1.165, 1.54) is 10.3 Å². The van der Waals surface area contributed by atoms with Crippen LogP contribution in [-0.2, 0) is 0 Å². The van der Waals surface area contributed by atoms with Crippen LogP contribution in [0.5, 0.6) is 0 Å². The van der Waals surface area contributed by atoms with Crippen molar-refractivity contribution < 1.29 is 0 Å². The van der Waals surface area contributed by atoms with Crippen LogP contribution in [0.1, 0.15) is 31.6 Å². The van der Waals surface area contributed by atoms with Gasteiger partial charge in [-0.05, 0) is 25.8 Å². The molecule has 2 aromatic rings. The van der Waals surface area contributed by atoms with Crippen molar-refractivity contribution in [2.75, 3.05) is 30.4 Å². The highest BCUT2D eigenvalue weighted by Gasteiger charge is 2.13. The van der Waals surface area contributed by atoms with E-state index in [0.717, 1.165) is 42.5 Å². The van der Waals surface area contributed by atoms with E-state index in [-0.39, 0.29) is 0 Å². The lowest BCUT2D eigenvalue weighted by Gasteiger charge is -2.18. The van der Waals surface area contributed by atoms with Crippen LogP contribution in [0.15, 0.2) is 6.07 Å². The van der Waals surface area contributed by atoms with Crippen molar-refractivity contribution in [2.45, 2.75) is 33.6 Å². The highest BCUT2D eigenvalue weighted by Crippen LogP contribution is 2.31. The van der Waals surface area contributed by atoms with Crippen molar-refractivity contribution in [3.05, 3.63) is 10.9 Å². The third-order valence-corrected chi connectivity index (χ3v) is 3.89. The van der Waals surface area contributed by atoms with Crippen LogP contribution in [-0.4, -0.2) is 30.1 Å². The molecule has 5 heteroatoms. The Balaban J connectivity index is 2.44. The lowest BCUT2D eigenvalue weighted by atomic mass is 10.3. The standard InChI is InChI=1S/C14H22N4S/c1-5-7-15-14-16-12(18(4)8-6-2)11-9-10(3)19-13(11)17-14/h9H,5-8H2,1-4H3,(H,15,16,17). The first-order valence-electron chi connectivity index (χ1n) is 6.88. The van der Waals surface area contributed by atoms with Gasteiger partial charge in [0.15, 0.2) is 0 Å². The minimum Gasteiger partial charge on any atom is -0.359 e. The summed E-state index contributed by atoms with van der Waals surface area (Å²) in [7, 11) is 2.10. The van der Waals surface area contributed by atoms with Crippen molar-refractivity contribution in [3.8, 4) is 0 Å². The van der Waals surface area contributed by atoms with Crippen LogP contribution in [0.25, 0.3) is 10.2 Å². The Morgan fingerprint density at radius 3 is 2.74 bits per heavy atom. The number of anilines is 2. The second-order valence-corrected chi connectivity index (χ2v) is 6.03. The number of hydrogen-bond donors (Lipinski definition) is 1. The Hall–Kier alpha value is -1.36. The molecule has 0 saturated carbocycles. The van der Waals surface area contributed by atoms with Gasteiger partial charge in [0.1, 0.15) is 10.6 Å². The van der Waals surface area contributed by atoms with E-state index in [1.807, 2.05) is 0 Å². The number of thiophene rings is 1. The maximum absolute atomic E-state index is 4.68. The molecule has 4 nitrogen and oxygen atoms in total. The van der Waals surface area contributed by atoms with Gasteiger partial charge >= 0.3 is 0 Å². The van der Waals surface area contributed by atoms with Crippen LogP contribution in [0, 0.1) is 6.92 Å². The van der Waals surface area contributed by atoms with Crippen LogP contribution in [0.4, 0.5) is 11.8 Å². The summed E-state index contributed by atoms with van der Waals surface area (Å²) in [6.45, 7) is 8.37. The molecule has 2 aromatic heterocycles. The first-order chi connectivity index (χ1) is 9.15. The first-order valence-corrected chi connectivity index (χ1v) is 7.70. The summed E-state index contributed by atoms with van der Waals surface area (Å²) in [6, 6.07) is 2.19. The van der Waals surface area contributed by atoms with E-state index in [9.17, 15) is 0 Å². The molecule has 2 rings (SSSR count). The summed E-state index contributed by atoms with van der Waals surface area (Å²) in [5.74, 6) is 1.78. The zero-order valence-corrected chi connectivity index (χ0v) is 13.0. The largest absolute Gasteiger partial charge is 0.359 e. The highest BCUT2D eigenvalue weighted by atomic mass is 32.1. The Kier molecular flexibility index (Phi) is 4.58. The van der Waals surface area contributed by atoms with Gasteiger partial charge in [-0.15, -0.1) is 11.3 Å². The Labute approximate surface area is 118 Å². The zero-order chi connectivity index (χ0) is 13.8. The second-order valence-electron chi connectivity index (χ2n) is 4.80. The van der Waals surface area contributed by atoms with E-state index in [0.29, 0.717) is 0 Å². The lowest BCUT2D eigenvalue weighted by molar-refractivity contribution is 0.839. The maximum atomic E-state index is 4.68. The lowest BCUT2D eigenvalue weighted by Crippen LogP contribution is -2.20. The summed E-state index contributed by atoms with van der Waals surface area (Å²) in [6.07, 6.45) is 2.19. The maximum Gasteiger partial charge on any atom is 0.226 e. The van der Waals surface area contributed by atoms with Gasteiger partial charge in [0, 0.05) is 25.0 Å².